The molecule has 0 spiro atoms. The van der Waals surface area contributed by atoms with E-state index in [1.807, 2.05) is 13.8 Å². The molecule has 0 fully saturated rings. The zero-order valence-electron chi connectivity index (χ0n) is 6.24. The van der Waals surface area contributed by atoms with Crippen LogP contribution in [0.3, 0.4) is 0 Å². The first kappa shape index (κ1) is 14.1. The molecule has 0 aromatic heterocycles. The second-order valence-electron chi connectivity index (χ2n) is 1.30. The van der Waals surface area contributed by atoms with Gasteiger partial charge in [0, 0.05) is 19.5 Å². The van der Waals surface area contributed by atoms with Gasteiger partial charge in [0.25, 0.3) is 0 Å². The summed E-state index contributed by atoms with van der Waals surface area (Å²) in [4.78, 5) is 9.18. The molecule has 1 N–H and O–H groups in total. The van der Waals surface area contributed by atoms with Crippen LogP contribution in [0.15, 0.2) is 0 Å². The summed E-state index contributed by atoms with van der Waals surface area (Å²) < 4.78 is 4.91. The third kappa shape index (κ3) is 7.65. The first-order valence-electron chi connectivity index (χ1n) is 2.74. The maximum absolute atomic E-state index is 9.18. The van der Waals surface area contributed by atoms with Crippen molar-refractivity contribution < 1.29 is 28.9 Å². The quantitative estimate of drug-likeness (QED) is 0.611. The fraction of sp³-hybridized carbons (Fsp3) is 1.00. The van der Waals surface area contributed by atoms with E-state index in [1.54, 1.807) is 0 Å². The Bertz CT molecular complexity index is 112. The normalized spacial score (nSPS) is 15.5. The predicted octanol–water partition coefficient (Wildman–Crippen LogP) is 1.99. The Morgan fingerprint density at radius 2 is 2.10 bits per heavy atom. The first-order valence-corrected chi connectivity index (χ1v) is 7.00. The molecule has 58 valence electrons. The molecule has 0 aliphatic carbocycles. The van der Waals surface area contributed by atoms with Crippen LogP contribution in [-0.4, -0.2) is 17.3 Å². The third-order valence-corrected chi connectivity index (χ3v) is 5.09. The summed E-state index contributed by atoms with van der Waals surface area (Å²) in [6.07, 6.45) is 0. The average Bonchev–Trinajstić information content (AvgIpc) is 1.64. The Morgan fingerprint density at radius 3 is 2.40 bits per heavy atom. The molecule has 0 heterocycles. The van der Waals surface area contributed by atoms with E-state index in [4.69, 9.17) is 16.3 Å². The van der Waals surface area contributed by atoms with Crippen LogP contribution in [0.5, 0.6) is 0 Å². The van der Waals surface area contributed by atoms with Crippen molar-refractivity contribution >= 4 is 28.9 Å². The maximum Gasteiger partial charge on any atom is 0.244 e. The molecular weight excluding hydrogens is 241 g/mol. The van der Waals surface area contributed by atoms with Crippen LogP contribution >= 0.6 is 17.1 Å². The van der Waals surface area contributed by atoms with E-state index in [1.165, 1.54) is 11.4 Å². The van der Waals surface area contributed by atoms with Crippen molar-refractivity contribution in [1.82, 2.24) is 0 Å². The van der Waals surface area contributed by atoms with Crippen molar-refractivity contribution in [2.75, 3.05) is 12.4 Å². The molecule has 0 radical (unpaired) electrons. The summed E-state index contributed by atoms with van der Waals surface area (Å²) in [5.74, 6) is 0.813. The van der Waals surface area contributed by atoms with Crippen LogP contribution in [0.2, 0.25) is 0 Å². The van der Waals surface area contributed by atoms with Gasteiger partial charge in [0.1, 0.15) is 0 Å². The van der Waals surface area contributed by atoms with E-state index in [9.17, 15) is 4.89 Å². The van der Waals surface area contributed by atoms with Gasteiger partial charge in [0.2, 0.25) is 5.69 Å². The summed E-state index contributed by atoms with van der Waals surface area (Å²) in [7, 11) is 0. The van der Waals surface area contributed by atoms with Gasteiger partial charge in [-0.3, -0.25) is 0 Å². The molecule has 10 heavy (non-hydrogen) atoms. The average molecular weight is 252 g/mol. The monoisotopic (exact) mass is 250 g/mol. The largest absolute Gasteiger partial charge is 0.337 e. The summed E-state index contributed by atoms with van der Waals surface area (Å²) in [5.41, 5.74) is -2.44. The summed E-state index contributed by atoms with van der Waals surface area (Å²) in [5, 5.41) is 0. The second kappa shape index (κ2) is 7.21. The molecule has 2 nitrogen and oxygen atoms in total. The molecule has 0 aromatic carbocycles. The molecular formula is C4H11O2PS2Zn. The van der Waals surface area contributed by atoms with Crippen LogP contribution in [0.4, 0.5) is 0 Å². The van der Waals surface area contributed by atoms with Gasteiger partial charge in [0.05, 0.1) is 6.61 Å². The van der Waals surface area contributed by atoms with Gasteiger partial charge in [0.15, 0.2) is 0 Å². The number of hydrogen-bond acceptors (Lipinski definition) is 3. The van der Waals surface area contributed by atoms with Gasteiger partial charge >= 0.3 is 0 Å². The minimum Gasteiger partial charge on any atom is -0.337 e. The van der Waals surface area contributed by atoms with Crippen molar-refractivity contribution in [2.24, 2.45) is 0 Å². The van der Waals surface area contributed by atoms with E-state index in [0.29, 0.717) is 6.61 Å². The van der Waals surface area contributed by atoms with Crippen LogP contribution in [0.1, 0.15) is 13.8 Å². The van der Waals surface area contributed by atoms with Crippen LogP contribution in [-0.2, 0) is 35.8 Å². The van der Waals surface area contributed by atoms with Gasteiger partial charge in [-0.05, 0) is 24.5 Å². The van der Waals surface area contributed by atoms with Crippen molar-refractivity contribution in [3.63, 3.8) is 0 Å². The smallest absolute Gasteiger partial charge is 0.244 e. The van der Waals surface area contributed by atoms with Gasteiger partial charge in [-0.15, -0.1) is 0 Å². The zero-order valence-corrected chi connectivity index (χ0v) is 11.7. The first-order chi connectivity index (χ1) is 4.12. The third-order valence-electron chi connectivity index (χ3n) is 0.584. The molecule has 1 unspecified atom stereocenters. The van der Waals surface area contributed by atoms with Crippen LogP contribution in [0, 0.1) is 0 Å². The molecule has 0 saturated carbocycles. The minimum absolute atomic E-state index is 0. The minimum atomic E-state index is -2.44. The molecule has 0 rings (SSSR count). The van der Waals surface area contributed by atoms with Crippen molar-refractivity contribution in [3.05, 3.63) is 0 Å². The maximum atomic E-state index is 9.18. The molecule has 0 saturated heterocycles. The molecule has 1 atom stereocenters. The molecule has 6 heteroatoms. The summed E-state index contributed by atoms with van der Waals surface area (Å²) >= 11 is 6.07. The van der Waals surface area contributed by atoms with Crippen LogP contribution in [0.25, 0.3) is 0 Å². The van der Waals surface area contributed by atoms with Gasteiger partial charge in [-0.1, -0.05) is 18.3 Å². The van der Waals surface area contributed by atoms with Crippen molar-refractivity contribution in [1.29, 1.82) is 0 Å². The fourth-order valence-corrected chi connectivity index (χ4v) is 3.87. The Labute approximate surface area is 83.8 Å². The zero-order chi connectivity index (χ0) is 7.33. The summed E-state index contributed by atoms with van der Waals surface area (Å²) in [6.45, 7) is 4.27. The van der Waals surface area contributed by atoms with E-state index in [0.717, 1.165) is 5.75 Å². The molecule has 0 aliphatic heterocycles. The Balaban J connectivity index is 0. The van der Waals surface area contributed by atoms with Gasteiger partial charge in [-0.2, -0.15) is 0 Å². The van der Waals surface area contributed by atoms with E-state index in [2.05, 4.69) is 0 Å². The Hall–Kier alpha value is 1.54. The Kier molecular flexibility index (Phi) is 10.2. The molecule has 0 bridgehead atoms. The molecule has 0 aromatic rings. The topological polar surface area (TPSA) is 29.5 Å². The predicted molar refractivity (Wildman–Crippen MR) is 46.3 cm³/mol. The fourth-order valence-electron chi connectivity index (χ4n) is 0.364. The second-order valence-corrected chi connectivity index (χ2v) is 7.77. The van der Waals surface area contributed by atoms with Crippen LogP contribution < -0.4 is 0 Å². The Morgan fingerprint density at radius 1 is 1.60 bits per heavy atom. The SMILES string of the molecule is CCOP(O)(=S)SCC.[Zn]. The standard InChI is InChI=1S/C4H11O2PS2.Zn/c1-3-6-7(5,8)9-4-2;/h3-4H2,1-2H3,(H,5,8);. The number of hydrogen-bond donors (Lipinski definition) is 1. The number of rotatable bonds is 4. The molecule has 0 aliphatic rings. The van der Waals surface area contributed by atoms with Crippen molar-refractivity contribution in [2.45, 2.75) is 13.8 Å². The van der Waals surface area contributed by atoms with E-state index in [-0.39, 0.29) is 19.5 Å². The molecule has 0 amide bonds. The van der Waals surface area contributed by atoms with Crippen molar-refractivity contribution in [3.8, 4) is 0 Å². The van der Waals surface area contributed by atoms with Gasteiger partial charge < -0.3 is 9.42 Å². The summed E-state index contributed by atoms with van der Waals surface area (Å²) in [6, 6.07) is 0. The van der Waals surface area contributed by atoms with E-state index < -0.39 is 5.69 Å². The van der Waals surface area contributed by atoms with Gasteiger partial charge in [-0.25, -0.2) is 0 Å². The van der Waals surface area contributed by atoms with E-state index >= 15 is 0 Å².